The maximum Gasteiger partial charge on any atom is 0.250 e. The molecule has 0 aliphatic rings. The third kappa shape index (κ3) is 5.04. The van der Waals surface area contributed by atoms with Crippen molar-refractivity contribution in [2.45, 2.75) is 27.0 Å². The normalized spacial score (nSPS) is 11.1. The Morgan fingerprint density at radius 2 is 2.10 bits per heavy atom. The van der Waals surface area contributed by atoms with Crippen LogP contribution >= 0.6 is 22.9 Å². The lowest BCUT2D eigenvalue weighted by Crippen LogP contribution is -2.19. The van der Waals surface area contributed by atoms with E-state index in [2.05, 4.69) is 15.6 Å². The van der Waals surface area contributed by atoms with E-state index < -0.39 is 0 Å². The Hall–Kier alpha value is -2.94. The first-order valence-electron chi connectivity index (χ1n) is 9.65. The fourth-order valence-corrected chi connectivity index (χ4v) is 4.03. The average Bonchev–Trinajstić information content (AvgIpc) is 3.48. The Balaban J connectivity index is 1.32. The largest absolute Gasteiger partial charge is 0.365 e. The molecule has 0 aliphatic heterocycles. The highest BCUT2D eigenvalue weighted by atomic mass is 35.5. The van der Waals surface area contributed by atoms with Crippen molar-refractivity contribution in [3.8, 4) is 10.6 Å². The molecular weight excluding hydrogens is 436 g/mol. The van der Waals surface area contributed by atoms with Crippen molar-refractivity contribution in [3.05, 3.63) is 75.5 Å². The van der Waals surface area contributed by atoms with Gasteiger partial charge in [0.1, 0.15) is 12.3 Å². The molecular formula is C22H21ClN4O3S. The second kappa shape index (κ2) is 9.47. The molecule has 0 unspecified atom stereocenters. The molecule has 0 bridgehead atoms. The fourth-order valence-electron chi connectivity index (χ4n) is 3.16. The molecule has 160 valence electrons. The first kappa shape index (κ1) is 21.3. The molecule has 0 aliphatic carbocycles. The fraction of sp³-hybridized carbons (Fsp3) is 0.227. The molecule has 0 saturated carbocycles. The Morgan fingerprint density at radius 3 is 2.87 bits per heavy atom. The van der Waals surface area contributed by atoms with Gasteiger partial charge in [-0.25, -0.2) is 0 Å². The summed E-state index contributed by atoms with van der Waals surface area (Å²) in [7, 11) is 0. The number of carbonyl (C=O) groups is 1. The molecule has 0 atom stereocenters. The number of benzene rings is 1. The van der Waals surface area contributed by atoms with Gasteiger partial charge in [0, 0.05) is 11.1 Å². The molecule has 9 heteroatoms. The summed E-state index contributed by atoms with van der Waals surface area (Å²) in [4.78, 5) is 13.4. The summed E-state index contributed by atoms with van der Waals surface area (Å²) >= 11 is 7.83. The van der Waals surface area contributed by atoms with Crippen LogP contribution in [0.3, 0.4) is 0 Å². The van der Waals surface area contributed by atoms with Crippen molar-refractivity contribution in [1.29, 1.82) is 0 Å². The molecule has 0 fully saturated rings. The Kier molecular flexibility index (Phi) is 6.50. The highest BCUT2D eigenvalue weighted by Gasteiger charge is 2.16. The van der Waals surface area contributed by atoms with Crippen LogP contribution in [0.1, 0.15) is 22.6 Å². The van der Waals surface area contributed by atoms with Crippen LogP contribution in [0.4, 0.5) is 5.69 Å². The number of amides is 1. The van der Waals surface area contributed by atoms with Crippen LogP contribution in [0.15, 0.2) is 52.4 Å². The number of nitrogens with zero attached hydrogens (tertiary/aromatic N) is 3. The van der Waals surface area contributed by atoms with Gasteiger partial charge in [-0.3, -0.25) is 9.48 Å². The predicted octanol–water partition coefficient (Wildman–Crippen LogP) is 5.07. The van der Waals surface area contributed by atoms with Gasteiger partial charge >= 0.3 is 0 Å². The van der Waals surface area contributed by atoms with Gasteiger partial charge in [0.15, 0.2) is 5.76 Å². The third-order valence-electron chi connectivity index (χ3n) is 4.73. The van der Waals surface area contributed by atoms with Crippen molar-refractivity contribution >= 4 is 34.5 Å². The number of thiophene rings is 1. The van der Waals surface area contributed by atoms with Crippen molar-refractivity contribution < 1.29 is 14.1 Å². The van der Waals surface area contributed by atoms with Crippen molar-refractivity contribution in [1.82, 2.24) is 14.9 Å². The number of anilines is 1. The maximum absolute atomic E-state index is 12.4. The van der Waals surface area contributed by atoms with E-state index in [4.69, 9.17) is 20.9 Å². The standard InChI is InChI=1S/C22H21ClN4O3S/c1-14-22(15(2)27(25-14)11-16-6-3-4-7-18(16)23)24-21(28)13-29-12-17-10-19(30-26-17)20-8-5-9-31-20/h3-10H,11-13H2,1-2H3,(H,24,28). The van der Waals surface area contributed by atoms with Crippen molar-refractivity contribution in [2.24, 2.45) is 0 Å². The lowest BCUT2D eigenvalue weighted by molar-refractivity contribution is -0.121. The average molecular weight is 457 g/mol. The zero-order valence-electron chi connectivity index (χ0n) is 17.1. The van der Waals surface area contributed by atoms with E-state index in [1.54, 1.807) is 11.3 Å². The number of hydrogen-bond acceptors (Lipinski definition) is 6. The summed E-state index contributed by atoms with van der Waals surface area (Å²) < 4.78 is 12.6. The molecule has 31 heavy (non-hydrogen) atoms. The van der Waals surface area contributed by atoms with Crippen LogP contribution in [0.25, 0.3) is 10.6 Å². The number of ether oxygens (including phenoxy) is 1. The smallest absolute Gasteiger partial charge is 0.250 e. The van der Waals surface area contributed by atoms with Gasteiger partial charge in [0.05, 0.1) is 35.1 Å². The monoisotopic (exact) mass is 456 g/mol. The number of halogens is 1. The molecule has 1 N–H and O–H groups in total. The minimum atomic E-state index is -0.259. The minimum Gasteiger partial charge on any atom is -0.365 e. The van der Waals surface area contributed by atoms with E-state index in [0.29, 0.717) is 28.7 Å². The van der Waals surface area contributed by atoms with E-state index in [0.717, 1.165) is 21.8 Å². The molecule has 1 amide bonds. The Bertz CT molecular complexity index is 1180. The molecule has 3 aromatic heterocycles. The molecule has 0 saturated heterocycles. The molecule has 4 rings (SSSR count). The zero-order valence-corrected chi connectivity index (χ0v) is 18.7. The molecule has 0 radical (unpaired) electrons. The summed E-state index contributed by atoms with van der Waals surface area (Å²) in [5.41, 5.74) is 3.86. The number of hydrogen-bond donors (Lipinski definition) is 1. The molecule has 4 aromatic rings. The molecule has 3 heterocycles. The number of carbonyl (C=O) groups excluding carboxylic acids is 1. The quantitative estimate of drug-likeness (QED) is 0.400. The first-order valence-corrected chi connectivity index (χ1v) is 10.9. The van der Waals surface area contributed by atoms with Gasteiger partial charge in [0.25, 0.3) is 0 Å². The van der Waals surface area contributed by atoms with Crippen LogP contribution in [-0.2, 0) is 22.7 Å². The van der Waals surface area contributed by atoms with Crippen LogP contribution < -0.4 is 5.32 Å². The maximum atomic E-state index is 12.4. The Labute approximate surface area is 188 Å². The summed E-state index contributed by atoms with van der Waals surface area (Å²) in [6.45, 7) is 4.38. The second-order valence-corrected chi connectivity index (χ2v) is 8.35. The number of aromatic nitrogens is 3. The number of rotatable bonds is 8. The first-order chi connectivity index (χ1) is 15.0. The van der Waals surface area contributed by atoms with Crippen LogP contribution in [-0.4, -0.2) is 27.5 Å². The highest BCUT2D eigenvalue weighted by Crippen LogP contribution is 2.25. The van der Waals surface area contributed by atoms with Gasteiger partial charge in [-0.05, 0) is 36.9 Å². The van der Waals surface area contributed by atoms with Crippen LogP contribution in [0, 0.1) is 13.8 Å². The molecule has 1 aromatic carbocycles. The van der Waals surface area contributed by atoms with E-state index in [1.807, 2.05) is 66.4 Å². The predicted molar refractivity (Wildman–Crippen MR) is 120 cm³/mol. The minimum absolute atomic E-state index is 0.101. The summed E-state index contributed by atoms with van der Waals surface area (Å²) in [5, 5.41) is 14.1. The van der Waals surface area contributed by atoms with E-state index >= 15 is 0 Å². The number of aryl methyl sites for hydroxylation is 1. The van der Waals surface area contributed by atoms with Crippen molar-refractivity contribution in [3.63, 3.8) is 0 Å². The third-order valence-corrected chi connectivity index (χ3v) is 5.98. The Morgan fingerprint density at radius 1 is 1.26 bits per heavy atom. The second-order valence-electron chi connectivity index (χ2n) is 7.00. The summed E-state index contributed by atoms with van der Waals surface area (Å²) in [6, 6.07) is 13.4. The zero-order chi connectivity index (χ0) is 21.8. The van der Waals surface area contributed by atoms with Gasteiger partial charge in [0.2, 0.25) is 5.91 Å². The lowest BCUT2D eigenvalue weighted by Gasteiger charge is -2.08. The van der Waals surface area contributed by atoms with E-state index in [9.17, 15) is 4.79 Å². The SMILES string of the molecule is Cc1nn(Cc2ccccc2Cl)c(C)c1NC(=O)COCc1cc(-c2cccs2)on1. The van der Waals surface area contributed by atoms with Crippen LogP contribution in [0.5, 0.6) is 0 Å². The molecule has 7 nitrogen and oxygen atoms in total. The van der Waals surface area contributed by atoms with Gasteiger partial charge < -0.3 is 14.6 Å². The lowest BCUT2D eigenvalue weighted by atomic mass is 10.2. The van der Waals surface area contributed by atoms with Gasteiger partial charge in [-0.1, -0.05) is 41.0 Å². The summed E-state index contributed by atoms with van der Waals surface area (Å²) in [6.07, 6.45) is 0. The highest BCUT2D eigenvalue weighted by molar-refractivity contribution is 7.13. The van der Waals surface area contributed by atoms with E-state index in [-0.39, 0.29) is 19.1 Å². The number of nitrogens with one attached hydrogen (secondary N) is 1. The van der Waals surface area contributed by atoms with Crippen molar-refractivity contribution in [2.75, 3.05) is 11.9 Å². The van der Waals surface area contributed by atoms with E-state index in [1.165, 1.54) is 0 Å². The summed E-state index contributed by atoms with van der Waals surface area (Å²) in [5.74, 6) is 0.431. The van der Waals surface area contributed by atoms with Crippen LogP contribution in [0.2, 0.25) is 5.02 Å². The topological polar surface area (TPSA) is 82.2 Å². The van der Waals surface area contributed by atoms with Gasteiger partial charge in [-0.2, -0.15) is 5.10 Å². The molecule has 0 spiro atoms. The van der Waals surface area contributed by atoms with Gasteiger partial charge in [-0.15, -0.1) is 11.3 Å².